The van der Waals surface area contributed by atoms with Gasteiger partial charge in [0.15, 0.2) is 0 Å². The Kier molecular flexibility index (Phi) is 2.88. The third-order valence-electron chi connectivity index (χ3n) is 3.24. The number of hydrogen-bond acceptors (Lipinski definition) is 2. The fourth-order valence-corrected chi connectivity index (χ4v) is 2.66. The smallest absolute Gasteiger partial charge is 0.338 e. The highest BCUT2D eigenvalue weighted by Gasteiger charge is 2.14. The molecule has 94 valence electrons. The maximum Gasteiger partial charge on any atom is 0.338 e. The van der Waals surface area contributed by atoms with Crippen molar-refractivity contribution in [1.29, 1.82) is 0 Å². The largest absolute Gasteiger partial charge is 0.465 e. The van der Waals surface area contributed by atoms with Crippen LogP contribution in [0.1, 0.15) is 10.4 Å². The molecule has 19 heavy (non-hydrogen) atoms. The minimum absolute atomic E-state index is 0.349. The standard InChI is InChI=1S/C16H11ClO2/c1-19-16(18)13-9-10-5-2-3-6-11(10)15-12(13)7-4-8-14(15)17/h2-9H,1H3. The van der Waals surface area contributed by atoms with Gasteiger partial charge < -0.3 is 4.74 Å². The van der Waals surface area contributed by atoms with Gasteiger partial charge in [0.25, 0.3) is 0 Å². The molecule has 0 fully saturated rings. The molecule has 3 rings (SSSR count). The van der Waals surface area contributed by atoms with E-state index in [2.05, 4.69) is 0 Å². The van der Waals surface area contributed by atoms with Crippen molar-refractivity contribution in [3.8, 4) is 0 Å². The van der Waals surface area contributed by atoms with Gasteiger partial charge in [0.05, 0.1) is 12.7 Å². The molecular weight excluding hydrogens is 260 g/mol. The van der Waals surface area contributed by atoms with Crippen LogP contribution < -0.4 is 0 Å². The molecule has 0 heterocycles. The summed E-state index contributed by atoms with van der Waals surface area (Å²) in [5, 5.41) is 4.36. The summed E-state index contributed by atoms with van der Waals surface area (Å²) in [5.74, 6) is -0.349. The summed E-state index contributed by atoms with van der Waals surface area (Å²) < 4.78 is 4.85. The zero-order chi connectivity index (χ0) is 13.4. The molecular formula is C16H11ClO2. The average Bonchev–Trinajstić information content (AvgIpc) is 2.45. The third kappa shape index (κ3) is 1.85. The number of carbonyl (C=O) groups excluding carboxylic acids is 1. The van der Waals surface area contributed by atoms with E-state index in [1.807, 2.05) is 48.5 Å². The highest BCUT2D eigenvalue weighted by molar-refractivity contribution is 6.38. The fourth-order valence-electron chi connectivity index (χ4n) is 2.38. The molecule has 0 aliphatic rings. The number of methoxy groups -OCH3 is 1. The number of esters is 1. The zero-order valence-electron chi connectivity index (χ0n) is 10.3. The highest BCUT2D eigenvalue weighted by atomic mass is 35.5. The maximum atomic E-state index is 11.9. The van der Waals surface area contributed by atoms with E-state index in [9.17, 15) is 4.79 Å². The Morgan fingerprint density at radius 1 is 1.05 bits per heavy atom. The second kappa shape index (κ2) is 4.56. The van der Waals surface area contributed by atoms with Crippen molar-refractivity contribution in [2.75, 3.05) is 7.11 Å². The topological polar surface area (TPSA) is 26.3 Å². The van der Waals surface area contributed by atoms with Crippen LogP contribution in [0.15, 0.2) is 48.5 Å². The molecule has 0 saturated carbocycles. The van der Waals surface area contributed by atoms with Gasteiger partial charge in [-0.05, 0) is 28.3 Å². The molecule has 0 radical (unpaired) electrons. The number of halogens is 1. The Morgan fingerprint density at radius 3 is 2.58 bits per heavy atom. The number of benzene rings is 3. The molecule has 3 aromatic carbocycles. The molecule has 0 saturated heterocycles. The van der Waals surface area contributed by atoms with Crippen LogP contribution >= 0.6 is 11.6 Å². The Bertz CT molecular complexity index is 793. The first-order chi connectivity index (χ1) is 9.22. The van der Waals surface area contributed by atoms with E-state index in [4.69, 9.17) is 16.3 Å². The molecule has 0 N–H and O–H groups in total. The lowest BCUT2D eigenvalue weighted by molar-refractivity contribution is 0.0603. The van der Waals surface area contributed by atoms with Crippen LogP contribution in [-0.2, 0) is 4.74 Å². The highest BCUT2D eigenvalue weighted by Crippen LogP contribution is 2.33. The molecule has 0 amide bonds. The second-order valence-electron chi connectivity index (χ2n) is 4.30. The molecule has 0 aliphatic carbocycles. The zero-order valence-corrected chi connectivity index (χ0v) is 11.1. The molecule has 0 bridgehead atoms. The fraction of sp³-hybridized carbons (Fsp3) is 0.0625. The summed E-state index contributed by atoms with van der Waals surface area (Å²) in [5.41, 5.74) is 0.540. The summed E-state index contributed by atoms with van der Waals surface area (Å²) in [6.07, 6.45) is 0. The van der Waals surface area contributed by atoms with Gasteiger partial charge in [-0.15, -0.1) is 0 Å². The monoisotopic (exact) mass is 270 g/mol. The molecule has 3 heteroatoms. The van der Waals surface area contributed by atoms with E-state index in [1.54, 1.807) is 0 Å². The van der Waals surface area contributed by atoms with Crippen LogP contribution in [0.4, 0.5) is 0 Å². The van der Waals surface area contributed by atoms with Gasteiger partial charge in [-0.25, -0.2) is 4.79 Å². The lowest BCUT2D eigenvalue weighted by atomic mass is 9.97. The first kappa shape index (κ1) is 12.0. The lowest BCUT2D eigenvalue weighted by Gasteiger charge is -2.10. The Morgan fingerprint density at radius 2 is 1.79 bits per heavy atom. The van der Waals surface area contributed by atoms with Gasteiger partial charge in [-0.1, -0.05) is 48.0 Å². The Labute approximate surface area is 115 Å². The number of ether oxygens (including phenoxy) is 1. The minimum atomic E-state index is -0.349. The summed E-state index contributed by atoms with van der Waals surface area (Å²) >= 11 is 6.30. The summed E-state index contributed by atoms with van der Waals surface area (Å²) in [6.45, 7) is 0. The number of fused-ring (bicyclic) bond motifs is 3. The van der Waals surface area contributed by atoms with Gasteiger partial charge in [0.2, 0.25) is 0 Å². The summed E-state index contributed by atoms with van der Waals surface area (Å²) in [6, 6.07) is 15.3. The quantitative estimate of drug-likeness (QED) is 0.483. The first-order valence-electron chi connectivity index (χ1n) is 5.90. The third-order valence-corrected chi connectivity index (χ3v) is 3.55. The molecule has 0 unspecified atom stereocenters. The summed E-state index contributed by atoms with van der Waals surface area (Å²) in [4.78, 5) is 11.9. The van der Waals surface area contributed by atoms with Crippen LogP contribution in [0.25, 0.3) is 21.5 Å². The van der Waals surface area contributed by atoms with Crippen molar-refractivity contribution >= 4 is 39.1 Å². The first-order valence-corrected chi connectivity index (χ1v) is 6.28. The molecule has 0 aromatic heterocycles. The SMILES string of the molecule is COC(=O)c1cc2ccccc2c2c(Cl)cccc12. The summed E-state index contributed by atoms with van der Waals surface area (Å²) in [7, 11) is 1.38. The van der Waals surface area contributed by atoms with Crippen molar-refractivity contribution in [1.82, 2.24) is 0 Å². The van der Waals surface area contributed by atoms with Crippen LogP contribution in [0, 0.1) is 0 Å². The Balaban J connectivity index is 2.56. The van der Waals surface area contributed by atoms with Gasteiger partial charge in [0.1, 0.15) is 0 Å². The van der Waals surface area contributed by atoms with Crippen molar-refractivity contribution < 1.29 is 9.53 Å². The number of carbonyl (C=O) groups is 1. The molecule has 2 nitrogen and oxygen atoms in total. The molecule has 0 atom stereocenters. The molecule has 3 aromatic rings. The second-order valence-corrected chi connectivity index (χ2v) is 4.71. The van der Waals surface area contributed by atoms with Crippen molar-refractivity contribution in [2.45, 2.75) is 0 Å². The number of hydrogen-bond donors (Lipinski definition) is 0. The van der Waals surface area contributed by atoms with E-state index in [1.165, 1.54) is 7.11 Å². The number of rotatable bonds is 1. The minimum Gasteiger partial charge on any atom is -0.465 e. The van der Waals surface area contributed by atoms with Crippen molar-refractivity contribution in [3.63, 3.8) is 0 Å². The van der Waals surface area contributed by atoms with E-state index < -0.39 is 0 Å². The van der Waals surface area contributed by atoms with Crippen molar-refractivity contribution in [3.05, 3.63) is 59.1 Å². The normalized spacial score (nSPS) is 10.8. The van der Waals surface area contributed by atoms with Gasteiger partial charge in [-0.2, -0.15) is 0 Å². The lowest BCUT2D eigenvalue weighted by Crippen LogP contribution is -2.02. The van der Waals surface area contributed by atoms with Crippen LogP contribution in [0.2, 0.25) is 5.02 Å². The average molecular weight is 271 g/mol. The van der Waals surface area contributed by atoms with Crippen LogP contribution in [0.3, 0.4) is 0 Å². The van der Waals surface area contributed by atoms with Crippen LogP contribution in [0.5, 0.6) is 0 Å². The molecule has 0 aliphatic heterocycles. The maximum absolute atomic E-state index is 11.9. The van der Waals surface area contributed by atoms with E-state index in [0.29, 0.717) is 10.6 Å². The van der Waals surface area contributed by atoms with E-state index >= 15 is 0 Å². The Hall–Kier alpha value is -2.06. The van der Waals surface area contributed by atoms with Crippen LogP contribution in [-0.4, -0.2) is 13.1 Å². The predicted octanol–water partition coefficient (Wildman–Crippen LogP) is 4.43. The predicted molar refractivity (Wildman–Crippen MR) is 77.8 cm³/mol. The van der Waals surface area contributed by atoms with E-state index in [-0.39, 0.29) is 5.97 Å². The van der Waals surface area contributed by atoms with Gasteiger partial charge in [-0.3, -0.25) is 0 Å². The van der Waals surface area contributed by atoms with Gasteiger partial charge >= 0.3 is 5.97 Å². The molecule has 0 spiro atoms. The van der Waals surface area contributed by atoms with E-state index in [0.717, 1.165) is 21.5 Å². The van der Waals surface area contributed by atoms with Crippen molar-refractivity contribution in [2.24, 2.45) is 0 Å². The van der Waals surface area contributed by atoms with Gasteiger partial charge in [0, 0.05) is 10.4 Å².